The summed E-state index contributed by atoms with van der Waals surface area (Å²) in [6, 6.07) is -2.37. The van der Waals surface area contributed by atoms with Gasteiger partial charge < -0.3 is 31.0 Å². The molecule has 4 N–H and O–H groups in total. The van der Waals surface area contributed by atoms with Crippen molar-refractivity contribution in [3.05, 3.63) is 0 Å². The highest BCUT2D eigenvalue weighted by Gasteiger charge is 2.29. The van der Waals surface area contributed by atoms with E-state index in [9.17, 15) is 24.3 Å². The smallest absolute Gasteiger partial charge is 0.408 e. The van der Waals surface area contributed by atoms with Crippen LogP contribution in [-0.2, 0) is 19.1 Å². The number of nitrogens with two attached hydrogens (primary N) is 1. The number of primary amides is 1. The Labute approximate surface area is 147 Å². The van der Waals surface area contributed by atoms with Gasteiger partial charge in [0, 0.05) is 6.42 Å². The lowest BCUT2D eigenvalue weighted by Gasteiger charge is -2.28. The minimum atomic E-state index is -1.53. The van der Waals surface area contributed by atoms with Crippen molar-refractivity contribution in [2.75, 3.05) is 0 Å². The van der Waals surface area contributed by atoms with E-state index in [1.54, 1.807) is 27.7 Å². The zero-order chi connectivity index (χ0) is 19.8. The third-order valence-corrected chi connectivity index (χ3v) is 3.45. The van der Waals surface area contributed by atoms with E-state index in [1.165, 1.54) is 0 Å². The Morgan fingerprint density at radius 3 is 2.12 bits per heavy atom. The first-order chi connectivity index (χ1) is 11.4. The van der Waals surface area contributed by atoms with E-state index in [0.29, 0.717) is 6.42 Å². The minimum absolute atomic E-state index is 0.191. The van der Waals surface area contributed by atoms with E-state index in [0.717, 1.165) is 0 Å². The third kappa shape index (κ3) is 9.53. The second-order valence-electron chi connectivity index (χ2n) is 6.89. The molecule has 0 fully saturated rings. The van der Waals surface area contributed by atoms with Crippen LogP contribution in [0.2, 0.25) is 0 Å². The van der Waals surface area contributed by atoms with Crippen LogP contribution >= 0.6 is 0 Å². The molecule has 0 heterocycles. The number of amides is 3. The summed E-state index contributed by atoms with van der Waals surface area (Å²) in [5.41, 5.74) is 4.25. The molecule has 0 aliphatic rings. The maximum Gasteiger partial charge on any atom is 0.408 e. The Morgan fingerprint density at radius 2 is 1.72 bits per heavy atom. The lowest BCUT2D eigenvalue weighted by atomic mass is 9.98. The normalized spacial score (nSPS) is 14.8. The van der Waals surface area contributed by atoms with Gasteiger partial charge in [-0.25, -0.2) is 4.79 Å². The topological polar surface area (TPSA) is 151 Å². The van der Waals surface area contributed by atoms with E-state index >= 15 is 0 Å². The minimum Gasteiger partial charge on any atom is -0.548 e. The van der Waals surface area contributed by atoms with Gasteiger partial charge in [-0.3, -0.25) is 9.59 Å². The number of ether oxygens (including phenoxy) is 1. The van der Waals surface area contributed by atoms with Crippen LogP contribution in [0.5, 0.6) is 0 Å². The van der Waals surface area contributed by atoms with Crippen molar-refractivity contribution in [2.45, 2.75) is 71.6 Å². The van der Waals surface area contributed by atoms with Gasteiger partial charge in [0.15, 0.2) is 0 Å². The molecule has 0 rings (SSSR count). The fraction of sp³-hybridized carbons (Fsp3) is 0.750. The van der Waals surface area contributed by atoms with E-state index in [1.807, 2.05) is 6.92 Å². The molecule has 0 unspecified atom stereocenters. The monoisotopic (exact) mass is 358 g/mol. The molecule has 0 saturated carbocycles. The SMILES string of the molecule is CC[C@H](C)[C@@H](NC(=O)OC(C)(C)C)C(=O)N[C@@H](CCC(N)=O)C(=O)[O-]. The molecule has 144 valence electrons. The average molecular weight is 358 g/mol. The molecule has 25 heavy (non-hydrogen) atoms. The molecule has 0 saturated heterocycles. The first-order valence-electron chi connectivity index (χ1n) is 8.16. The van der Waals surface area contributed by atoms with E-state index in [2.05, 4.69) is 10.6 Å². The summed E-state index contributed by atoms with van der Waals surface area (Å²) in [5.74, 6) is -3.19. The van der Waals surface area contributed by atoms with Gasteiger partial charge in [-0.1, -0.05) is 20.3 Å². The first kappa shape index (κ1) is 22.7. The maximum atomic E-state index is 12.4. The number of alkyl carbamates (subject to hydrolysis) is 1. The van der Waals surface area contributed by atoms with Gasteiger partial charge >= 0.3 is 6.09 Å². The molecular formula is C16H28N3O6-. The molecule has 0 spiro atoms. The van der Waals surface area contributed by atoms with E-state index in [-0.39, 0.29) is 18.8 Å². The molecule has 0 aromatic heterocycles. The molecule has 0 aliphatic carbocycles. The number of carbonyl (C=O) groups excluding carboxylic acids is 4. The molecule has 0 radical (unpaired) electrons. The van der Waals surface area contributed by atoms with Crippen LogP contribution in [0, 0.1) is 5.92 Å². The maximum absolute atomic E-state index is 12.4. The Morgan fingerprint density at radius 1 is 1.16 bits per heavy atom. The predicted octanol–water partition coefficient (Wildman–Crippen LogP) is -0.574. The summed E-state index contributed by atoms with van der Waals surface area (Å²) < 4.78 is 5.12. The zero-order valence-corrected chi connectivity index (χ0v) is 15.4. The summed E-state index contributed by atoms with van der Waals surface area (Å²) in [6.07, 6.45) is -0.629. The lowest BCUT2D eigenvalue weighted by Crippen LogP contribution is -2.56. The van der Waals surface area contributed by atoms with Crippen molar-refractivity contribution in [3.63, 3.8) is 0 Å². The summed E-state index contributed by atoms with van der Waals surface area (Å²) >= 11 is 0. The number of nitrogens with one attached hydrogen (secondary N) is 2. The van der Waals surface area contributed by atoms with Crippen LogP contribution < -0.4 is 21.5 Å². The fourth-order valence-corrected chi connectivity index (χ4v) is 1.93. The van der Waals surface area contributed by atoms with Gasteiger partial charge in [0.1, 0.15) is 11.6 Å². The van der Waals surface area contributed by atoms with Crippen LogP contribution in [0.25, 0.3) is 0 Å². The molecule has 0 aromatic rings. The Hall–Kier alpha value is -2.32. The van der Waals surface area contributed by atoms with Crippen molar-refractivity contribution in [1.82, 2.24) is 10.6 Å². The Bertz CT molecular complexity index is 501. The third-order valence-electron chi connectivity index (χ3n) is 3.45. The first-order valence-corrected chi connectivity index (χ1v) is 8.16. The van der Waals surface area contributed by atoms with Crippen molar-refractivity contribution in [1.29, 1.82) is 0 Å². The molecule has 9 nitrogen and oxygen atoms in total. The highest BCUT2D eigenvalue weighted by atomic mass is 16.6. The summed E-state index contributed by atoms with van der Waals surface area (Å²) in [6.45, 7) is 8.60. The average Bonchev–Trinajstić information content (AvgIpc) is 2.45. The summed E-state index contributed by atoms with van der Waals surface area (Å²) in [7, 11) is 0. The number of rotatable bonds is 9. The van der Waals surface area contributed by atoms with Crippen LogP contribution in [0.15, 0.2) is 0 Å². The number of hydrogen-bond donors (Lipinski definition) is 3. The molecule has 3 amide bonds. The highest BCUT2D eigenvalue weighted by molar-refractivity contribution is 5.89. The molecule has 3 atom stereocenters. The lowest BCUT2D eigenvalue weighted by molar-refractivity contribution is -0.308. The second-order valence-corrected chi connectivity index (χ2v) is 6.89. The predicted molar refractivity (Wildman–Crippen MR) is 88.0 cm³/mol. The fourth-order valence-electron chi connectivity index (χ4n) is 1.93. The molecule has 0 aromatic carbocycles. The number of carboxylic acids is 1. The largest absolute Gasteiger partial charge is 0.548 e. The van der Waals surface area contributed by atoms with Gasteiger partial charge in [0.05, 0.1) is 12.0 Å². The second kappa shape index (κ2) is 9.85. The summed E-state index contributed by atoms with van der Waals surface area (Å²) in [4.78, 5) is 46.3. The van der Waals surface area contributed by atoms with Crippen LogP contribution in [0.4, 0.5) is 4.79 Å². The van der Waals surface area contributed by atoms with Gasteiger partial charge in [-0.15, -0.1) is 0 Å². The Kier molecular flexibility index (Phi) is 8.94. The number of hydrogen-bond acceptors (Lipinski definition) is 6. The standard InChI is InChI=1S/C16H29N3O6/c1-6-9(2)12(19-15(24)25-16(3,4)5)13(21)18-10(14(22)23)7-8-11(17)20/h9-10,12H,6-8H2,1-5H3,(H2,17,20)(H,18,21)(H,19,24)(H,22,23)/p-1/t9-,10-,12+/m0/s1. The van der Waals surface area contributed by atoms with Crippen molar-refractivity contribution < 1.29 is 29.0 Å². The highest BCUT2D eigenvalue weighted by Crippen LogP contribution is 2.12. The summed E-state index contributed by atoms with van der Waals surface area (Å²) in [5, 5.41) is 15.9. The van der Waals surface area contributed by atoms with Gasteiger partial charge in [0.2, 0.25) is 11.8 Å². The quantitative estimate of drug-likeness (QED) is 0.502. The van der Waals surface area contributed by atoms with E-state index < -0.39 is 41.6 Å². The van der Waals surface area contributed by atoms with Crippen LogP contribution in [0.1, 0.15) is 53.9 Å². The van der Waals surface area contributed by atoms with E-state index in [4.69, 9.17) is 10.5 Å². The van der Waals surface area contributed by atoms with Crippen molar-refractivity contribution >= 4 is 23.9 Å². The van der Waals surface area contributed by atoms with Crippen molar-refractivity contribution in [3.8, 4) is 0 Å². The zero-order valence-electron chi connectivity index (χ0n) is 15.4. The number of carboxylic acid groups (broad SMARTS) is 1. The van der Waals surface area contributed by atoms with Gasteiger partial charge in [-0.05, 0) is 33.1 Å². The van der Waals surface area contributed by atoms with Gasteiger partial charge in [-0.2, -0.15) is 0 Å². The number of aliphatic carboxylic acids is 1. The molecule has 9 heteroatoms. The Balaban J connectivity index is 5.06. The number of carbonyl (C=O) groups is 4. The van der Waals surface area contributed by atoms with Gasteiger partial charge in [0.25, 0.3) is 0 Å². The van der Waals surface area contributed by atoms with Crippen LogP contribution in [0.3, 0.4) is 0 Å². The van der Waals surface area contributed by atoms with Crippen molar-refractivity contribution in [2.24, 2.45) is 11.7 Å². The van der Waals surface area contributed by atoms with Crippen LogP contribution in [-0.4, -0.2) is 41.6 Å². The molecular weight excluding hydrogens is 330 g/mol. The molecule has 0 bridgehead atoms. The molecule has 0 aliphatic heterocycles.